The van der Waals surface area contributed by atoms with Crippen LogP contribution in [-0.2, 0) is 0 Å². The van der Waals surface area contributed by atoms with E-state index in [9.17, 15) is 0 Å². The molecule has 0 fully saturated rings. The summed E-state index contributed by atoms with van der Waals surface area (Å²) < 4.78 is 0. The Bertz CT molecular complexity index is 222. The number of rotatable bonds is 4. The second-order valence-corrected chi connectivity index (χ2v) is 2.66. The van der Waals surface area contributed by atoms with E-state index in [-0.39, 0.29) is 0 Å². The van der Waals surface area contributed by atoms with Crippen molar-refractivity contribution in [2.24, 2.45) is 0 Å². The predicted octanol–water partition coefficient (Wildman–Crippen LogP) is 2.93. The number of hydrogen-bond donors (Lipinski definition) is 0. The summed E-state index contributed by atoms with van der Waals surface area (Å²) in [5.74, 6) is 0. The summed E-state index contributed by atoms with van der Waals surface area (Å²) >= 11 is 0. The first kappa shape index (κ1) is 10.7. The van der Waals surface area contributed by atoms with Crippen LogP contribution in [0, 0.1) is 22.7 Å². The first-order chi connectivity index (χ1) is 5.79. The summed E-state index contributed by atoms with van der Waals surface area (Å²) in [6, 6.07) is 3.86. The Morgan fingerprint density at radius 3 is 2.08 bits per heavy atom. The summed E-state index contributed by atoms with van der Waals surface area (Å²) in [7, 11) is 0. The molecule has 0 aromatic heterocycles. The Morgan fingerprint density at radius 2 is 1.75 bits per heavy atom. The van der Waals surface area contributed by atoms with Crippen LogP contribution in [0.1, 0.15) is 39.5 Å². The van der Waals surface area contributed by atoms with E-state index in [0.29, 0.717) is 5.57 Å². The molecule has 0 aliphatic heterocycles. The zero-order chi connectivity index (χ0) is 9.40. The van der Waals surface area contributed by atoms with Crippen molar-refractivity contribution in [3.05, 3.63) is 11.1 Å². The molecule has 0 amide bonds. The second kappa shape index (κ2) is 6.43. The molecule has 0 heterocycles. The van der Waals surface area contributed by atoms with E-state index in [2.05, 4.69) is 6.92 Å². The third kappa shape index (κ3) is 3.21. The van der Waals surface area contributed by atoms with Gasteiger partial charge in [0.25, 0.3) is 0 Å². The molecular weight excluding hydrogens is 148 g/mol. The minimum Gasteiger partial charge on any atom is -0.192 e. The lowest BCUT2D eigenvalue weighted by molar-refractivity contribution is 0.763. The molecule has 2 heteroatoms. The van der Waals surface area contributed by atoms with Gasteiger partial charge in [-0.2, -0.15) is 10.5 Å². The van der Waals surface area contributed by atoms with Gasteiger partial charge in [0, 0.05) is 0 Å². The second-order valence-electron chi connectivity index (χ2n) is 2.66. The molecule has 0 unspecified atom stereocenters. The number of nitrogens with zero attached hydrogens (tertiary/aromatic N) is 2. The number of allylic oxidation sites excluding steroid dienone is 2. The zero-order valence-corrected chi connectivity index (χ0v) is 7.72. The average Bonchev–Trinajstić information content (AvgIpc) is 2.12. The minimum atomic E-state index is 0.311. The number of nitriles is 2. The molecule has 2 nitrogen and oxygen atoms in total. The summed E-state index contributed by atoms with van der Waals surface area (Å²) in [5, 5.41) is 17.2. The van der Waals surface area contributed by atoms with E-state index in [1.807, 2.05) is 19.1 Å². The highest BCUT2D eigenvalue weighted by Gasteiger charge is 2.02. The normalized spacial score (nSPS) is 8.33. The summed E-state index contributed by atoms with van der Waals surface area (Å²) in [5.41, 5.74) is 1.31. The van der Waals surface area contributed by atoms with Gasteiger partial charge in [0.2, 0.25) is 0 Å². The number of unbranched alkanes of at least 4 members (excludes halogenated alkanes) is 1. The zero-order valence-electron chi connectivity index (χ0n) is 7.72. The van der Waals surface area contributed by atoms with Gasteiger partial charge in [-0.1, -0.05) is 20.3 Å². The van der Waals surface area contributed by atoms with Gasteiger partial charge in [-0.25, -0.2) is 0 Å². The van der Waals surface area contributed by atoms with Crippen molar-refractivity contribution in [1.82, 2.24) is 0 Å². The van der Waals surface area contributed by atoms with Crippen molar-refractivity contribution >= 4 is 0 Å². The van der Waals surface area contributed by atoms with Gasteiger partial charge in [-0.05, 0) is 24.8 Å². The Morgan fingerprint density at radius 1 is 1.17 bits per heavy atom. The van der Waals surface area contributed by atoms with E-state index in [4.69, 9.17) is 10.5 Å². The van der Waals surface area contributed by atoms with Gasteiger partial charge in [-0.15, -0.1) is 0 Å². The van der Waals surface area contributed by atoms with Crippen LogP contribution in [0.5, 0.6) is 0 Å². The Kier molecular flexibility index (Phi) is 5.75. The van der Waals surface area contributed by atoms with Crippen molar-refractivity contribution in [2.45, 2.75) is 39.5 Å². The summed E-state index contributed by atoms with van der Waals surface area (Å²) in [4.78, 5) is 0. The Hall–Kier alpha value is -1.28. The maximum absolute atomic E-state index is 8.60. The van der Waals surface area contributed by atoms with Crippen LogP contribution in [0.15, 0.2) is 11.1 Å². The lowest BCUT2D eigenvalue weighted by Crippen LogP contribution is -1.87. The number of hydrogen-bond acceptors (Lipinski definition) is 2. The van der Waals surface area contributed by atoms with Gasteiger partial charge in [-0.3, -0.25) is 0 Å². The first-order valence-corrected chi connectivity index (χ1v) is 4.32. The van der Waals surface area contributed by atoms with Gasteiger partial charge in [0.15, 0.2) is 0 Å². The largest absolute Gasteiger partial charge is 0.192 e. The van der Waals surface area contributed by atoms with Crippen LogP contribution >= 0.6 is 0 Å². The standard InChI is InChI=1S/C10H14N2/c1-3-5-6-9(4-2)10(7-11)8-12/h3-6H2,1-2H3. The molecular formula is C10H14N2. The van der Waals surface area contributed by atoms with Crippen molar-refractivity contribution in [2.75, 3.05) is 0 Å². The molecule has 0 radical (unpaired) electrons. The maximum Gasteiger partial charge on any atom is 0.128 e. The third-order valence-corrected chi connectivity index (χ3v) is 1.84. The van der Waals surface area contributed by atoms with Crippen LogP contribution in [0.2, 0.25) is 0 Å². The van der Waals surface area contributed by atoms with E-state index in [0.717, 1.165) is 31.3 Å². The molecule has 0 rings (SSSR count). The van der Waals surface area contributed by atoms with Crippen LogP contribution in [0.4, 0.5) is 0 Å². The lowest BCUT2D eigenvalue weighted by atomic mass is 10.0. The topological polar surface area (TPSA) is 47.6 Å². The highest BCUT2D eigenvalue weighted by Crippen LogP contribution is 2.15. The summed E-state index contributed by atoms with van der Waals surface area (Å²) in [6.07, 6.45) is 3.88. The van der Waals surface area contributed by atoms with Crippen molar-refractivity contribution in [3.8, 4) is 12.1 Å². The Balaban J connectivity index is 4.42. The van der Waals surface area contributed by atoms with Gasteiger partial charge >= 0.3 is 0 Å². The highest BCUT2D eigenvalue weighted by atomic mass is 14.3. The molecule has 0 aliphatic carbocycles. The van der Waals surface area contributed by atoms with Crippen molar-refractivity contribution in [3.63, 3.8) is 0 Å². The van der Waals surface area contributed by atoms with Crippen LogP contribution in [-0.4, -0.2) is 0 Å². The molecule has 0 aromatic rings. The van der Waals surface area contributed by atoms with Crippen molar-refractivity contribution < 1.29 is 0 Å². The molecule has 0 N–H and O–H groups in total. The lowest BCUT2D eigenvalue weighted by Gasteiger charge is -2.01. The Labute approximate surface area is 74.1 Å². The quantitative estimate of drug-likeness (QED) is 0.596. The minimum absolute atomic E-state index is 0.311. The fourth-order valence-electron chi connectivity index (χ4n) is 1.05. The molecule has 0 saturated heterocycles. The monoisotopic (exact) mass is 162 g/mol. The molecule has 0 spiro atoms. The van der Waals surface area contributed by atoms with E-state index >= 15 is 0 Å². The van der Waals surface area contributed by atoms with E-state index in [1.165, 1.54) is 0 Å². The molecule has 0 atom stereocenters. The van der Waals surface area contributed by atoms with E-state index in [1.54, 1.807) is 0 Å². The molecule has 0 saturated carbocycles. The average molecular weight is 162 g/mol. The van der Waals surface area contributed by atoms with Crippen LogP contribution in [0.25, 0.3) is 0 Å². The fraction of sp³-hybridized carbons (Fsp3) is 0.600. The molecule has 0 aromatic carbocycles. The van der Waals surface area contributed by atoms with Crippen molar-refractivity contribution in [1.29, 1.82) is 10.5 Å². The third-order valence-electron chi connectivity index (χ3n) is 1.84. The highest BCUT2D eigenvalue weighted by molar-refractivity contribution is 5.39. The smallest absolute Gasteiger partial charge is 0.128 e. The van der Waals surface area contributed by atoms with Gasteiger partial charge in [0.1, 0.15) is 17.7 Å². The molecule has 64 valence electrons. The summed E-state index contributed by atoms with van der Waals surface area (Å²) in [6.45, 7) is 4.09. The van der Waals surface area contributed by atoms with E-state index < -0.39 is 0 Å². The van der Waals surface area contributed by atoms with Crippen LogP contribution in [0.3, 0.4) is 0 Å². The van der Waals surface area contributed by atoms with Crippen LogP contribution < -0.4 is 0 Å². The maximum atomic E-state index is 8.60. The molecule has 0 aliphatic rings. The fourth-order valence-corrected chi connectivity index (χ4v) is 1.05. The van der Waals surface area contributed by atoms with Gasteiger partial charge in [0.05, 0.1) is 0 Å². The van der Waals surface area contributed by atoms with Gasteiger partial charge < -0.3 is 0 Å². The predicted molar refractivity (Wildman–Crippen MR) is 48.1 cm³/mol. The molecule has 12 heavy (non-hydrogen) atoms. The first-order valence-electron chi connectivity index (χ1n) is 4.32. The SMILES string of the molecule is CCCCC(CC)=C(C#N)C#N. The molecule has 0 bridgehead atoms.